The van der Waals surface area contributed by atoms with Crippen LogP contribution >= 0.6 is 15.9 Å². The summed E-state index contributed by atoms with van der Waals surface area (Å²) in [6.07, 6.45) is 1.58. The molecule has 1 aromatic heterocycles. The summed E-state index contributed by atoms with van der Waals surface area (Å²) < 4.78 is 5.75. The average molecular weight is 297 g/mol. The van der Waals surface area contributed by atoms with Gasteiger partial charge in [0.25, 0.3) is 0 Å². The first-order valence-electron chi connectivity index (χ1n) is 5.16. The predicted molar refractivity (Wildman–Crippen MR) is 66.3 cm³/mol. The highest BCUT2D eigenvalue weighted by molar-refractivity contribution is 9.10. The van der Waals surface area contributed by atoms with E-state index in [1.54, 1.807) is 19.2 Å². The van der Waals surface area contributed by atoms with Crippen molar-refractivity contribution in [1.29, 1.82) is 5.26 Å². The average Bonchev–Trinajstić information content (AvgIpc) is 2.32. The first-order valence-corrected chi connectivity index (χ1v) is 5.96. The number of hydrogen-bond donors (Lipinski definition) is 0. The zero-order chi connectivity index (χ0) is 13.1. The fourth-order valence-electron chi connectivity index (χ4n) is 1.30. The summed E-state index contributed by atoms with van der Waals surface area (Å²) >= 11 is 3.32. The van der Waals surface area contributed by atoms with E-state index in [-0.39, 0.29) is 6.61 Å². The zero-order valence-electron chi connectivity index (χ0n) is 9.95. The molecule has 1 heterocycles. The minimum Gasteiger partial charge on any atom is -0.465 e. The molecule has 0 bridgehead atoms. The lowest BCUT2D eigenvalue weighted by Gasteiger charge is -2.19. The molecule has 0 amide bonds. The minimum atomic E-state index is -1.36. The summed E-state index contributed by atoms with van der Waals surface area (Å²) in [5.41, 5.74) is -0.0403. The summed E-state index contributed by atoms with van der Waals surface area (Å²) in [7, 11) is 0. The highest BCUT2D eigenvalue weighted by atomic mass is 79.9. The molecule has 0 aliphatic carbocycles. The number of rotatable bonds is 3. The second-order valence-electron chi connectivity index (χ2n) is 3.78. The van der Waals surface area contributed by atoms with Crippen LogP contribution in [0, 0.1) is 18.3 Å². The van der Waals surface area contributed by atoms with E-state index < -0.39 is 11.4 Å². The van der Waals surface area contributed by atoms with Crippen molar-refractivity contribution in [2.45, 2.75) is 26.2 Å². The highest BCUT2D eigenvalue weighted by Gasteiger charge is 2.38. The van der Waals surface area contributed by atoms with E-state index in [2.05, 4.69) is 20.9 Å². The van der Waals surface area contributed by atoms with Gasteiger partial charge in [-0.05, 0) is 48.3 Å². The number of esters is 1. The van der Waals surface area contributed by atoms with Gasteiger partial charge in [0, 0.05) is 10.7 Å². The Kier molecular flexibility index (Phi) is 4.24. The van der Waals surface area contributed by atoms with Crippen LogP contribution in [-0.4, -0.2) is 17.6 Å². The quantitative estimate of drug-likeness (QED) is 0.804. The van der Waals surface area contributed by atoms with Gasteiger partial charge in [0.15, 0.2) is 5.41 Å². The maximum absolute atomic E-state index is 11.8. The normalized spacial score (nSPS) is 13.6. The summed E-state index contributed by atoms with van der Waals surface area (Å²) in [4.78, 5) is 15.9. The van der Waals surface area contributed by atoms with Crippen molar-refractivity contribution in [3.8, 4) is 6.07 Å². The number of halogens is 1. The van der Waals surface area contributed by atoms with E-state index in [4.69, 9.17) is 4.74 Å². The Morgan fingerprint density at radius 3 is 2.82 bits per heavy atom. The van der Waals surface area contributed by atoms with Crippen molar-refractivity contribution in [3.63, 3.8) is 0 Å². The van der Waals surface area contributed by atoms with E-state index in [1.165, 1.54) is 6.92 Å². The van der Waals surface area contributed by atoms with Crippen molar-refractivity contribution in [2.75, 3.05) is 6.61 Å². The molecule has 90 valence electrons. The summed E-state index contributed by atoms with van der Waals surface area (Å²) in [5.74, 6) is -0.572. The summed E-state index contributed by atoms with van der Waals surface area (Å²) in [6.45, 7) is 5.33. The van der Waals surface area contributed by atoms with Crippen LogP contribution in [-0.2, 0) is 14.9 Å². The molecule has 0 saturated heterocycles. The first kappa shape index (κ1) is 13.7. The van der Waals surface area contributed by atoms with Gasteiger partial charge in [-0.2, -0.15) is 5.26 Å². The fraction of sp³-hybridized carbons (Fsp3) is 0.417. The lowest BCUT2D eigenvalue weighted by atomic mass is 9.87. The Bertz CT molecular complexity index is 482. The molecule has 0 aromatic carbocycles. The van der Waals surface area contributed by atoms with Gasteiger partial charge in [-0.25, -0.2) is 4.79 Å². The molecule has 0 saturated carbocycles. The second-order valence-corrected chi connectivity index (χ2v) is 4.63. The van der Waals surface area contributed by atoms with E-state index in [9.17, 15) is 10.1 Å². The van der Waals surface area contributed by atoms with Gasteiger partial charge in [-0.15, -0.1) is 0 Å². The summed E-state index contributed by atoms with van der Waals surface area (Å²) in [5, 5.41) is 9.19. The number of carbonyl (C=O) groups is 1. The van der Waals surface area contributed by atoms with Crippen LogP contribution in [0.1, 0.15) is 25.1 Å². The van der Waals surface area contributed by atoms with Gasteiger partial charge >= 0.3 is 5.97 Å². The second kappa shape index (κ2) is 5.28. The number of hydrogen-bond acceptors (Lipinski definition) is 4. The molecule has 0 aliphatic rings. The molecule has 1 atom stereocenters. The zero-order valence-corrected chi connectivity index (χ0v) is 11.5. The van der Waals surface area contributed by atoms with E-state index in [0.717, 1.165) is 10.0 Å². The molecule has 4 nitrogen and oxygen atoms in total. The van der Waals surface area contributed by atoms with E-state index >= 15 is 0 Å². The minimum absolute atomic E-state index is 0.242. The van der Waals surface area contributed by atoms with Crippen molar-refractivity contribution in [1.82, 2.24) is 4.98 Å². The molecule has 1 aromatic rings. The molecule has 0 N–H and O–H groups in total. The van der Waals surface area contributed by atoms with Crippen LogP contribution in [0.15, 0.2) is 16.7 Å². The van der Waals surface area contributed by atoms with Crippen LogP contribution < -0.4 is 0 Å². The monoisotopic (exact) mass is 296 g/mol. The highest BCUT2D eigenvalue weighted by Crippen LogP contribution is 2.26. The van der Waals surface area contributed by atoms with Crippen molar-refractivity contribution >= 4 is 21.9 Å². The van der Waals surface area contributed by atoms with Crippen LogP contribution in [0.3, 0.4) is 0 Å². The summed E-state index contributed by atoms with van der Waals surface area (Å²) in [6, 6.07) is 3.69. The van der Waals surface area contributed by atoms with Crippen LogP contribution in [0.25, 0.3) is 0 Å². The number of aryl methyl sites for hydroxylation is 1. The SMILES string of the molecule is CCOC(=O)C(C)(C#N)c1cc(C)c(Br)cn1. The van der Waals surface area contributed by atoms with E-state index in [1.807, 2.05) is 13.0 Å². The lowest BCUT2D eigenvalue weighted by molar-refractivity contribution is -0.147. The van der Waals surface area contributed by atoms with Gasteiger partial charge < -0.3 is 4.74 Å². The number of ether oxygens (including phenoxy) is 1. The topological polar surface area (TPSA) is 63.0 Å². The maximum atomic E-state index is 11.8. The predicted octanol–water partition coefficient (Wildman–Crippen LogP) is 2.50. The molecule has 0 fully saturated rings. The van der Waals surface area contributed by atoms with Crippen LogP contribution in [0.2, 0.25) is 0 Å². The molecule has 5 heteroatoms. The van der Waals surface area contributed by atoms with Gasteiger partial charge in [0.2, 0.25) is 0 Å². The largest absolute Gasteiger partial charge is 0.465 e. The Hall–Kier alpha value is -1.41. The van der Waals surface area contributed by atoms with E-state index in [0.29, 0.717) is 5.69 Å². The molecular formula is C12H13BrN2O2. The van der Waals surface area contributed by atoms with Crippen LogP contribution in [0.4, 0.5) is 0 Å². The Balaban J connectivity index is 3.22. The number of pyridine rings is 1. The number of aromatic nitrogens is 1. The smallest absolute Gasteiger partial charge is 0.332 e. The molecule has 17 heavy (non-hydrogen) atoms. The van der Waals surface area contributed by atoms with Gasteiger partial charge in [-0.3, -0.25) is 4.98 Å². The van der Waals surface area contributed by atoms with Crippen molar-refractivity contribution in [3.05, 3.63) is 28.0 Å². The van der Waals surface area contributed by atoms with Crippen LogP contribution in [0.5, 0.6) is 0 Å². The lowest BCUT2D eigenvalue weighted by Crippen LogP contribution is -2.34. The third-order valence-corrected chi connectivity index (χ3v) is 3.30. The Morgan fingerprint density at radius 1 is 1.71 bits per heavy atom. The molecule has 0 radical (unpaired) electrons. The number of nitriles is 1. The van der Waals surface area contributed by atoms with Crippen molar-refractivity contribution < 1.29 is 9.53 Å². The Morgan fingerprint density at radius 2 is 2.35 bits per heavy atom. The molecule has 0 spiro atoms. The molecule has 0 aliphatic heterocycles. The molecule has 1 rings (SSSR count). The maximum Gasteiger partial charge on any atom is 0.332 e. The number of nitrogens with zero attached hydrogens (tertiary/aromatic N) is 2. The first-order chi connectivity index (χ1) is 7.95. The fourth-order valence-corrected chi connectivity index (χ4v) is 1.51. The van der Waals surface area contributed by atoms with Gasteiger partial charge in [-0.1, -0.05) is 0 Å². The third kappa shape index (κ3) is 2.64. The van der Waals surface area contributed by atoms with Crippen molar-refractivity contribution in [2.24, 2.45) is 0 Å². The van der Waals surface area contributed by atoms with Gasteiger partial charge in [0.05, 0.1) is 18.4 Å². The Labute approximate surface area is 109 Å². The number of carbonyl (C=O) groups excluding carboxylic acids is 1. The molecular weight excluding hydrogens is 284 g/mol. The third-order valence-electron chi connectivity index (χ3n) is 2.47. The van der Waals surface area contributed by atoms with Gasteiger partial charge in [0.1, 0.15) is 0 Å². The molecule has 1 unspecified atom stereocenters. The standard InChI is InChI=1S/C12H13BrN2O2/c1-4-17-11(16)12(3,7-14)10-5-8(2)9(13)6-15-10/h5-6H,4H2,1-3H3.